The van der Waals surface area contributed by atoms with Crippen molar-refractivity contribution in [1.82, 2.24) is 10.4 Å². The molecule has 1 aromatic carbocycles. The molecular formula is C21H30F2N4O5S. The first-order valence-corrected chi connectivity index (χ1v) is 12.7. The van der Waals surface area contributed by atoms with Crippen molar-refractivity contribution in [3.05, 3.63) is 35.5 Å². The van der Waals surface area contributed by atoms with Crippen LogP contribution in [-0.4, -0.2) is 64.1 Å². The molecule has 33 heavy (non-hydrogen) atoms. The standard InChI is InChI=1S/C21H30F2N4O5S/c1-14(2)31-21(28)27-10-6-16(7-11-27)32-24-15-4-8-26(9-5-15)20-13-17(22)19(12-18(20)23)25-33(3,29)30/h4,12-14,16,24-25H,5-11H2,1-3H3. The van der Waals surface area contributed by atoms with Gasteiger partial charge >= 0.3 is 6.09 Å². The van der Waals surface area contributed by atoms with Crippen LogP contribution in [0.4, 0.5) is 25.0 Å². The first kappa shape index (κ1) is 25.0. The number of nitrogens with one attached hydrogen (secondary N) is 2. The maximum Gasteiger partial charge on any atom is 0.410 e. The van der Waals surface area contributed by atoms with Gasteiger partial charge in [-0.25, -0.2) is 22.0 Å². The van der Waals surface area contributed by atoms with Crippen LogP contribution in [-0.2, 0) is 19.6 Å². The van der Waals surface area contributed by atoms with E-state index in [0.717, 1.165) is 24.1 Å². The summed E-state index contributed by atoms with van der Waals surface area (Å²) in [5.41, 5.74) is 3.43. The number of likely N-dealkylation sites (tertiary alicyclic amines) is 1. The van der Waals surface area contributed by atoms with Crippen LogP contribution in [0.15, 0.2) is 23.9 Å². The second kappa shape index (κ2) is 10.6. The van der Waals surface area contributed by atoms with Crippen LogP contribution in [0.2, 0.25) is 0 Å². The lowest BCUT2D eigenvalue weighted by molar-refractivity contribution is -0.0415. The van der Waals surface area contributed by atoms with E-state index in [2.05, 4.69) is 5.48 Å². The average Bonchev–Trinajstić information content (AvgIpc) is 2.74. The summed E-state index contributed by atoms with van der Waals surface area (Å²) in [5, 5.41) is 0. The zero-order valence-corrected chi connectivity index (χ0v) is 19.8. The molecule has 0 aromatic heterocycles. The number of anilines is 2. The predicted octanol–water partition coefficient (Wildman–Crippen LogP) is 2.96. The van der Waals surface area contributed by atoms with Gasteiger partial charge in [0, 0.05) is 50.4 Å². The monoisotopic (exact) mass is 488 g/mol. The Bertz CT molecular complexity index is 995. The molecule has 2 heterocycles. The molecule has 0 atom stereocenters. The third kappa shape index (κ3) is 7.19. The van der Waals surface area contributed by atoms with E-state index in [4.69, 9.17) is 9.57 Å². The lowest BCUT2D eigenvalue weighted by Gasteiger charge is -2.33. The number of halogens is 2. The quantitative estimate of drug-likeness (QED) is 0.569. The highest BCUT2D eigenvalue weighted by Gasteiger charge is 2.26. The van der Waals surface area contributed by atoms with Crippen molar-refractivity contribution >= 4 is 27.5 Å². The summed E-state index contributed by atoms with van der Waals surface area (Å²) in [6.45, 7) is 5.50. The van der Waals surface area contributed by atoms with Crippen molar-refractivity contribution in [2.75, 3.05) is 42.1 Å². The average molecular weight is 489 g/mol. The van der Waals surface area contributed by atoms with E-state index in [1.165, 1.54) is 0 Å². The largest absolute Gasteiger partial charge is 0.447 e. The highest BCUT2D eigenvalue weighted by atomic mass is 32.2. The number of ether oxygens (including phenoxy) is 1. The van der Waals surface area contributed by atoms with Crippen LogP contribution >= 0.6 is 0 Å². The number of amides is 1. The van der Waals surface area contributed by atoms with Crippen LogP contribution in [0.1, 0.15) is 33.1 Å². The summed E-state index contributed by atoms with van der Waals surface area (Å²) < 4.78 is 58.5. The number of carbonyl (C=O) groups is 1. The fourth-order valence-corrected chi connectivity index (χ4v) is 4.18. The molecule has 0 saturated carbocycles. The Balaban J connectivity index is 1.49. The number of hydrogen-bond donors (Lipinski definition) is 2. The van der Waals surface area contributed by atoms with E-state index < -0.39 is 27.3 Å². The third-order valence-corrected chi connectivity index (χ3v) is 5.87. The summed E-state index contributed by atoms with van der Waals surface area (Å²) in [6, 6.07) is 1.83. The fraction of sp³-hybridized carbons (Fsp3) is 0.571. The number of carbonyl (C=O) groups excluding carboxylic acids is 1. The SMILES string of the molecule is CC(C)OC(=O)N1CCC(ONC2=CCN(c3cc(F)c(NS(C)(=O)=O)cc3F)CC2)CC1. The topological polar surface area (TPSA) is 100 Å². The minimum atomic E-state index is -3.72. The van der Waals surface area contributed by atoms with Gasteiger partial charge in [0.25, 0.3) is 0 Å². The molecule has 2 aliphatic rings. The van der Waals surface area contributed by atoms with Gasteiger partial charge in [0.15, 0.2) is 0 Å². The second-order valence-corrected chi connectivity index (χ2v) is 10.2. The van der Waals surface area contributed by atoms with Gasteiger partial charge in [0.1, 0.15) is 11.6 Å². The van der Waals surface area contributed by atoms with Gasteiger partial charge in [-0.2, -0.15) is 0 Å². The Kier molecular flexibility index (Phi) is 8.01. The molecule has 0 unspecified atom stereocenters. The summed E-state index contributed by atoms with van der Waals surface area (Å²) >= 11 is 0. The van der Waals surface area contributed by atoms with Gasteiger partial charge in [-0.05, 0) is 32.8 Å². The molecule has 2 aliphatic heterocycles. The van der Waals surface area contributed by atoms with Crippen molar-refractivity contribution in [2.24, 2.45) is 0 Å². The number of sulfonamides is 1. The smallest absolute Gasteiger partial charge is 0.410 e. The fourth-order valence-electron chi connectivity index (χ4n) is 3.63. The zero-order chi connectivity index (χ0) is 24.2. The van der Waals surface area contributed by atoms with Gasteiger partial charge in [-0.3, -0.25) is 15.0 Å². The number of hydroxylamine groups is 1. The van der Waals surface area contributed by atoms with E-state index in [0.29, 0.717) is 45.4 Å². The van der Waals surface area contributed by atoms with Crippen LogP contribution in [0.5, 0.6) is 0 Å². The summed E-state index contributed by atoms with van der Waals surface area (Å²) in [6.07, 6.45) is 4.08. The van der Waals surface area contributed by atoms with Crippen LogP contribution < -0.4 is 15.1 Å². The van der Waals surface area contributed by atoms with Crippen LogP contribution in [0.3, 0.4) is 0 Å². The molecule has 0 radical (unpaired) electrons. The van der Waals surface area contributed by atoms with Gasteiger partial charge in [0.2, 0.25) is 10.0 Å². The Labute approximate surface area is 192 Å². The van der Waals surface area contributed by atoms with Crippen molar-refractivity contribution in [2.45, 2.75) is 45.3 Å². The molecule has 12 heteroatoms. The van der Waals surface area contributed by atoms with Gasteiger partial charge < -0.3 is 14.5 Å². The summed E-state index contributed by atoms with van der Waals surface area (Å²) in [7, 11) is -3.72. The van der Waals surface area contributed by atoms with Gasteiger partial charge in [-0.15, -0.1) is 0 Å². The zero-order valence-electron chi connectivity index (χ0n) is 18.9. The molecule has 0 spiro atoms. The van der Waals surface area contributed by atoms with Crippen molar-refractivity contribution in [3.63, 3.8) is 0 Å². The Morgan fingerprint density at radius 3 is 2.42 bits per heavy atom. The number of piperidine rings is 1. The molecule has 2 N–H and O–H groups in total. The molecule has 1 saturated heterocycles. The molecular weight excluding hydrogens is 458 g/mol. The van der Waals surface area contributed by atoms with E-state index in [1.54, 1.807) is 9.80 Å². The normalized spacial score (nSPS) is 17.7. The molecule has 1 aromatic rings. The molecule has 0 bridgehead atoms. The van der Waals surface area contributed by atoms with Crippen molar-refractivity contribution in [1.29, 1.82) is 0 Å². The van der Waals surface area contributed by atoms with E-state index >= 15 is 0 Å². The second-order valence-electron chi connectivity index (χ2n) is 8.42. The maximum absolute atomic E-state index is 14.5. The van der Waals surface area contributed by atoms with Crippen LogP contribution in [0.25, 0.3) is 0 Å². The minimum Gasteiger partial charge on any atom is -0.447 e. The Morgan fingerprint density at radius 2 is 1.85 bits per heavy atom. The molecule has 0 aliphatic carbocycles. The number of rotatable bonds is 7. The van der Waals surface area contributed by atoms with Crippen molar-refractivity contribution in [3.8, 4) is 0 Å². The number of benzene rings is 1. The lowest BCUT2D eigenvalue weighted by Crippen LogP contribution is -2.43. The molecule has 1 amide bonds. The molecule has 9 nitrogen and oxygen atoms in total. The maximum atomic E-state index is 14.5. The highest BCUT2D eigenvalue weighted by Crippen LogP contribution is 2.28. The minimum absolute atomic E-state index is 0.0477. The lowest BCUT2D eigenvalue weighted by atomic mass is 10.1. The summed E-state index contributed by atoms with van der Waals surface area (Å²) in [5.74, 6) is -1.57. The molecule has 3 rings (SSSR count). The van der Waals surface area contributed by atoms with E-state index in [1.807, 2.05) is 24.6 Å². The van der Waals surface area contributed by atoms with Crippen molar-refractivity contribution < 1.29 is 31.6 Å². The summed E-state index contributed by atoms with van der Waals surface area (Å²) in [4.78, 5) is 21.0. The Hall–Kier alpha value is -2.60. The third-order valence-electron chi connectivity index (χ3n) is 5.28. The molecule has 1 fully saturated rings. The highest BCUT2D eigenvalue weighted by molar-refractivity contribution is 7.92. The first-order chi connectivity index (χ1) is 15.5. The first-order valence-electron chi connectivity index (χ1n) is 10.8. The van der Waals surface area contributed by atoms with Gasteiger partial charge in [-0.1, -0.05) is 0 Å². The number of nitrogens with zero attached hydrogens (tertiary/aromatic N) is 2. The predicted molar refractivity (Wildman–Crippen MR) is 120 cm³/mol. The number of hydrogen-bond acceptors (Lipinski definition) is 7. The Morgan fingerprint density at radius 1 is 1.15 bits per heavy atom. The van der Waals surface area contributed by atoms with Gasteiger partial charge in [0.05, 0.1) is 29.8 Å². The molecule has 184 valence electrons. The van der Waals surface area contributed by atoms with Crippen LogP contribution in [0, 0.1) is 11.6 Å². The van der Waals surface area contributed by atoms with E-state index in [-0.39, 0.29) is 24.0 Å². The van der Waals surface area contributed by atoms with E-state index in [9.17, 15) is 22.0 Å².